The molecule has 0 aromatic heterocycles. The number of aliphatic carboxylic acids is 1. The number of nitro groups is 2. The third-order valence-corrected chi connectivity index (χ3v) is 14.7. The first-order valence-corrected chi connectivity index (χ1v) is 25.9. The summed E-state index contributed by atoms with van der Waals surface area (Å²) in [5.74, 6) is 0.214. The molecular formula is C52H62Cl3F6LiN8O7. The van der Waals surface area contributed by atoms with Crippen LogP contribution in [0.4, 0.5) is 60.5 Å². The number of nitrogens with one attached hydrogen (secondary N) is 2. The molecule has 4 fully saturated rings. The van der Waals surface area contributed by atoms with Crippen LogP contribution in [-0.2, 0) is 21.9 Å². The number of quaternary nitrogens is 1. The van der Waals surface area contributed by atoms with Gasteiger partial charge in [-0.1, -0.05) is 23.2 Å². The molecule has 0 saturated carbocycles. The number of benzene rings is 4. The number of nitrogens with two attached hydrogens (primary N) is 1. The van der Waals surface area contributed by atoms with E-state index < -0.39 is 50.7 Å². The third kappa shape index (κ3) is 20.2. The summed E-state index contributed by atoms with van der Waals surface area (Å²) in [6.45, 7) is 6.80. The van der Waals surface area contributed by atoms with E-state index in [4.69, 9.17) is 23.2 Å². The van der Waals surface area contributed by atoms with Gasteiger partial charge in [0.1, 0.15) is 11.1 Å². The maximum absolute atomic E-state index is 13.2. The Kier molecular flexibility index (Phi) is 25.3. The van der Waals surface area contributed by atoms with Crippen molar-refractivity contribution < 1.29 is 87.5 Å². The number of carbonyl (C=O) groups is 2. The first-order chi connectivity index (χ1) is 35.6. The zero-order valence-corrected chi connectivity index (χ0v) is 44.9. The molecule has 0 unspecified atom stereocenters. The molecule has 1 amide bonds. The minimum absolute atomic E-state index is 0. The van der Waals surface area contributed by atoms with Gasteiger partial charge in [-0.25, -0.2) is 0 Å². The number of alkyl halides is 6. The van der Waals surface area contributed by atoms with Crippen molar-refractivity contribution in [2.45, 2.75) is 101 Å². The number of carboxylic acids is 1. The van der Waals surface area contributed by atoms with Crippen molar-refractivity contribution in [2.24, 2.45) is 11.8 Å². The van der Waals surface area contributed by atoms with Crippen LogP contribution in [-0.4, -0.2) is 91.1 Å². The first-order valence-electron chi connectivity index (χ1n) is 25.2. The zero-order valence-electron chi connectivity index (χ0n) is 42.6. The molecular weight excluding hydrogens is 1080 g/mol. The molecule has 25 heteroatoms. The molecule has 15 nitrogen and oxygen atoms in total. The number of likely N-dealkylation sites (tertiary alicyclic amines) is 1. The van der Waals surface area contributed by atoms with Crippen molar-refractivity contribution >= 4 is 69.2 Å². The SMILES string of the molecule is O=C(CCC1CCN(c2ccc(Cl)cc2)CC1)N1CCC(Nc2ccc([N+](=O)[O-])c(C(F)(F)F)c2)CC1.O=C([O-])CCC1CCN(c2ccc(Cl)cc2)CC1.O=[N+]([O-])c1ccc(NC2CC[NH2+]CC2)cc1C(F)(F)F.[Cl-].[Li+]. The Morgan fingerprint density at radius 2 is 0.961 bits per heavy atom. The molecule has 416 valence electrons. The number of amides is 1. The van der Waals surface area contributed by atoms with Crippen LogP contribution in [0, 0.1) is 32.1 Å². The summed E-state index contributed by atoms with van der Waals surface area (Å²) in [5.41, 5.74) is -1.54. The Labute approximate surface area is 471 Å². The molecule has 4 heterocycles. The van der Waals surface area contributed by atoms with Crippen LogP contribution in [0.5, 0.6) is 0 Å². The van der Waals surface area contributed by atoms with Gasteiger partial charge >= 0.3 is 31.2 Å². The van der Waals surface area contributed by atoms with Crippen LogP contribution in [0.2, 0.25) is 10.0 Å². The topological polar surface area (TPSA) is 194 Å². The van der Waals surface area contributed by atoms with Crippen molar-refractivity contribution in [3.63, 3.8) is 0 Å². The van der Waals surface area contributed by atoms with Crippen molar-refractivity contribution in [3.05, 3.63) is 126 Å². The average molecular weight is 1140 g/mol. The first kappa shape index (κ1) is 64.4. The number of piperidine rings is 4. The molecule has 0 bridgehead atoms. The van der Waals surface area contributed by atoms with Crippen LogP contribution >= 0.6 is 23.2 Å². The normalized spacial score (nSPS) is 16.8. The van der Waals surface area contributed by atoms with Crippen molar-refractivity contribution in [1.82, 2.24) is 4.90 Å². The Bertz CT molecular complexity index is 2530. The zero-order chi connectivity index (χ0) is 54.3. The second kappa shape index (κ2) is 30.3. The second-order valence-corrected chi connectivity index (χ2v) is 20.2. The Morgan fingerprint density at radius 3 is 1.32 bits per heavy atom. The summed E-state index contributed by atoms with van der Waals surface area (Å²) < 4.78 is 78.2. The van der Waals surface area contributed by atoms with Gasteiger partial charge in [0.2, 0.25) is 5.91 Å². The monoisotopic (exact) mass is 1140 g/mol. The Balaban J connectivity index is 0.000000270. The molecule has 4 aliphatic rings. The van der Waals surface area contributed by atoms with Gasteiger partial charge in [-0.2, -0.15) is 26.3 Å². The van der Waals surface area contributed by atoms with E-state index in [2.05, 4.69) is 25.8 Å². The van der Waals surface area contributed by atoms with Gasteiger partial charge in [0, 0.05) is 122 Å². The maximum atomic E-state index is 13.2. The van der Waals surface area contributed by atoms with Crippen LogP contribution in [0.3, 0.4) is 0 Å². The van der Waals surface area contributed by atoms with Gasteiger partial charge in [-0.3, -0.25) is 25.0 Å². The largest absolute Gasteiger partial charge is 1.00 e. The minimum atomic E-state index is -4.82. The van der Waals surface area contributed by atoms with Gasteiger partial charge in [-0.05, 0) is 142 Å². The molecule has 4 aromatic rings. The fraction of sp³-hybridized carbons (Fsp3) is 0.500. The summed E-state index contributed by atoms with van der Waals surface area (Å²) >= 11 is 11.8. The summed E-state index contributed by atoms with van der Waals surface area (Å²) in [4.78, 5) is 49.3. The third-order valence-electron chi connectivity index (χ3n) is 14.2. The van der Waals surface area contributed by atoms with Crippen LogP contribution in [0.1, 0.15) is 88.2 Å². The number of hydrogen-bond acceptors (Lipinski definition) is 11. The fourth-order valence-corrected chi connectivity index (χ4v) is 10.2. The number of halogens is 9. The molecule has 8 rings (SSSR count). The number of anilines is 4. The number of hydrogen-bond donors (Lipinski definition) is 3. The van der Waals surface area contributed by atoms with Gasteiger partial charge in [0.15, 0.2) is 0 Å². The van der Waals surface area contributed by atoms with E-state index >= 15 is 0 Å². The molecule has 4 saturated heterocycles. The number of carbonyl (C=O) groups excluding carboxylic acids is 2. The van der Waals surface area contributed by atoms with Crippen molar-refractivity contribution in [1.29, 1.82) is 0 Å². The number of carboxylic acid groups (broad SMARTS) is 1. The molecule has 77 heavy (non-hydrogen) atoms. The maximum Gasteiger partial charge on any atom is 1.00 e. The molecule has 4 aliphatic heterocycles. The number of rotatable bonds is 14. The predicted molar refractivity (Wildman–Crippen MR) is 274 cm³/mol. The van der Waals surface area contributed by atoms with Crippen LogP contribution < -0.4 is 62.1 Å². The minimum Gasteiger partial charge on any atom is -1.00 e. The summed E-state index contributed by atoms with van der Waals surface area (Å²) in [7, 11) is 0. The van der Waals surface area contributed by atoms with Crippen molar-refractivity contribution in [2.75, 3.05) is 72.8 Å². The molecule has 0 atom stereocenters. The molecule has 0 spiro atoms. The Hall–Kier alpha value is -5.17. The van der Waals surface area contributed by atoms with Crippen LogP contribution in [0.15, 0.2) is 84.9 Å². The summed E-state index contributed by atoms with van der Waals surface area (Å²) in [6.07, 6.45) is -0.162. The van der Waals surface area contributed by atoms with Gasteiger partial charge < -0.3 is 53.0 Å². The predicted octanol–water partition coefficient (Wildman–Crippen LogP) is 4.21. The van der Waals surface area contributed by atoms with E-state index in [1.54, 1.807) is 0 Å². The summed E-state index contributed by atoms with van der Waals surface area (Å²) in [6, 6.07) is 21.7. The number of nitrogens with zero attached hydrogens (tertiary/aromatic N) is 5. The van der Waals surface area contributed by atoms with E-state index in [9.17, 15) is 61.3 Å². The molecule has 4 aromatic carbocycles. The second-order valence-electron chi connectivity index (χ2n) is 19.3. The Morgan fingerprint density at radius 1 is 0.584 bits per heavy atom. The summed E-state index contributed by atoms with van der Waals surface area (Å²) in [5, 5.41) is 41.7. The van der Waals surface area contributed by atoms with Crippen LogP contribution in [0.25, 0.3) is 0 Å². The quantitative estimate of drug-likeness (QED) is 0.0709. The molecule has 4 N–H and O–H groups in total. The molecule has 0 radical (unpaired) electrons. The fourth-order valence-electron chi connectivity index (χ4n) is 9.91. The van der Waals surface area contributed by atoms with Gasteiger partial charge in [0.05, 0.1) is 22.9 Å². The van der Waals surface area contributed by atoms with E-state index in [0.29, 0.717) is 44.2 Å². The number of nitro benzene ring substituents is 2. The average Bonchev–Trinajstić information content (AvgIpc) is 3.38. The van der Waals surface area contributed by atoms with Gasteiger partial charge in [0.25, 0.3) is 11.4 Å². The van der Waals surface area contributed by atoms with Crippen molar-refractivity contribution in [3.8, 4) is 0 Å². The van der Waals surface area contributed by atoms with Gasteiger partial charge in [-0.15, -0.1) is 0 Å². The van der Waals surface area contributed by atoms with E-state index in [-0.39, 0.29) is 67.1 Å². The van der Waals surface area contributed by atoms with E-state index in [1.165, 1.54) is 23.5 Å². The van der Waals surface area contributed by atoms with E-state index in [1.807, 2.05) is 53.4 Å². The standard InChI is InChI=1S/C26H30ClF3N4O3.C14H18ClNO2.C12H14F3N3O2.ClH.Li/c27-19-2-5-22(6-3-19)32-13-9-18(10-14-32)1-8-25(35)33-15-11-20(12-16-33)31-21-4-7-24(34(36)37)23(17-21)26(28,29)30;15-12-2-4-13(5-3-12)16-9-7-11(8-10-16)1-6-14(17)18;13-12(14,15)10-7-9(1-2-11(10)18(19)20)17-8-3-5-16-6-4-8;;/h2-7,17-18,20,31H,1,8-16H2;2-5,11H,1,6-10H2,(H,17,18);1-2,7-8,16-17H,3-6H2;1H;/q;;;;+1/p-1. The van der Waals surface area contributed by atoms with E-state index in [0.717, 1.165) is 125 Å². The molecule has 0 aliphatic carbocycles. The smallest absolute Gasteiger partial charge is 1.00 e.